The van der Waals surface area contributed by atoms with Crippen molar-refractivity contribution in [2.24, 2.45) is 0 Å². The standard InChI is InChI=1S/C10H2N4/c11-3-7-1-8(4-12)10(6-14)9(2-7)5-13/h1-2H. The molecule has 0 heterocycles. The van der Waals surface area contributed by atoms with Crippen LogP contribution >= 0.6 is 0 Å². The Morgan fingerprint density at radius 3 is 1.50 bits per heavy atom. The molecule has 0 spiro atoms. The average molecular weight is 178 g/mol. The van der Waals surface area contributed by atoms with Gasteiger partial charge in [0.25, 0.3) is 0 Å². The van der Waals surface area contributed by atoms with Crippen molar-refractivity contribution in [3.05, 3.63) is 34.4 Å². The Kier molecular flexibility index (Phi) is 2.46. The quantitative estimate of drug-likeness (QED) is 0.595. The molecule has 0 aliphatic rings. The average Bonchev–Trinajstić information content (AvgIpc) is 2.26. The summed E-state index contributed by atoms with van der Waals surface area (Å²) in [5.74, 6) is 0. The molecule has 0 aliphatic carbocycles. The van der Waals surface area contributed by atoms with E-state index in [0.29, 0.717) is 0 Å². The van der Waals surface area contributed by atoms with Crippen molar-refractivity contribution in [1.29, 1.82) is 21.0 Å². The number of nitriles is 4. The van der Waals surface area contributed by atoms with E-state index in [1.807, 2.05) is 6.07 Å². The predicted molar refractivity (Wildman–Crippen MR) is 45.3 cm³/mol. The minimum absolute atomic E-state index is 0.0222. The number of rotatable bonds is 0. The van der Waals surface area contributed by atoms with E-state index in [1.54, 1.807) is 18.2 Å². The number of nitrogens with zero attached hydrogens (tertiary/aromatic N) is 4. The first-order chi connectivity index (χ1) is 6.76. The maximum atomic E-state index is 8.69. The van der Waals surface area contributed by atoms with Crippen molar-refractivity contribution in [2.45, 2.75) is 0 Å². The van der Waals surface area contributed by atoms with Crippen molar-refractivity contribution in [1.82, 2.24) is 0 Å². The molecule has 0 atom stereocenters. The van der Waals surface area contributed by atoms with E-state index < -0.39 is 0 Å². The lowest BCUT2D eigenvalue weighted by molar-refractivity contribution is 1.37. The van der Waals surface area contributed by atoms with Gasteiger partial charge >= 0.3 is 0 Å². The monoisotopic (exact) mass is 178 g/mol. The Morgan fingerprint density at radius 2 is 1.21 bits per heavy atom. The summed E-state index contributed by atoms with van der Waals surface area (Å²) < 4.78 is 0. The molecule has 0 amide bonds. The summed E-state index contributed by atoms with van der Waals surface area (Å²) in [4.78, 5) is 0. The van der Waals surface area contributed by atoms with Gasteiger partial charge in [0.2, 0.25) is 0 Å². The van der Waals surface area contributed by atoms with Gasteiger partial charge in [-0.15, -0.1) is 0 Å². The normalized spacial score (nSPS) is 7.71. The zero-order chi connectivity index (χ0) is 10.6. The summed E-state index contributed by atoms with van der Waals surface area (Å²) in [7, 11) is 0. The lowest BCUT2D eigenvalue weighted by Crippen LogP contribution is -1.91. The molecule has 4 heteroatoms. The number of benzene rings is 1. The smallest absolute Gasteiger partial charge is 0.102 e. The topological polar surface area (TPSA) is 95.2 Å². The summed E-state index contributed by atoms with van der Waals surface area (Å²) in [6, 6.07) is 9.70. The molecule has 14 heavy (non-hydrogen) atoms. The fraction of sp³-hybridized carbons (Fsp3) is 0. The largest absolute Gasteiger partial charge is 0.192 e. The molecule has 0 saturated heterocycles. The molecule has 0 N–H and O–H groups in total. The van der Waals surface area contributed by atoms with Gasteiger partial charge in [0, 0.05) is 0 Å². The first-order valence-corrected chi connectivity index (χ1v) is 3.55. The molecule has 0 fully saturated rings. The van der Waals surface area contributed by atoms with Crippen LogP contribution in [0, 0.1) is 45.3 Å². The highest BCUT2D eigenvalue weighted by Gasteiger charge is 2.09. The molecule has 1 rings (SSSR count). The summed E-state index contributed by atoms with van der Waals surface area (Å²) in [6.45, 7) is 0. The Hall–Kier alpha value is -2.82. The van der Waals surface area contributed by atoms with Crippen LogP contribution < -0.4 is 0 Å². The zero-order valence-electron chi connectivity index (χ0n) is 6.94. The molecule has 62 valence electrons. The maximum Gasteiger partial charge on any atom is 0.102 e. The second-order valence-corrected chi connectivity index (χ2v) is 2.39. The van der Waals surface area contributed by atoms with E-state index in [1.165, 1.54) is 12.1 Å². The van der Waals surface area contributed by atoms with Crippen molar-refractivity contribution >= 4 is 0 Å². The van der Waals surface area contributed by atoms with E-state index in [4.69, 9.17) is 21.0 Å². The third-order valence-electron chi connectivity index (χ3n) is 1.62. The number of hydrogen-bond donors (Lipinski definition) is 0. The van der Waals surface area contributed by atoms with Gasteiger partial charge in [-0.05, 0) is 12.1 Å². The van der Waals surface area contributed by atoms with Crippen LogP contribution in [0.1, 0.15) is 22.3 Å². The van der Waals surface area contributed by atoms with Crippen LogP contribution in [-0.4, -0.2) is 0 Å². The minimum atomic E-state index is 0.0222. The van der Waals surface area contributed by atoms with Gasteiger partial charge < -0.3 is 0 Å². The van der Waals surface area contributed by atoms with Crippen molar-refractivity contribution in [3.8, 4) is 24.3 Å². The Morgan fingerprint density at radius 1 is 0.714 bits per heavy atom. The van der Waals surface area contributed by atoms with Gasteiger partial charge in [-0.3, -0.25) is 0 Å². The SMILES string of the molecule is N#Cc1cc(C#N)c(C#N)c(C#N)c1. The Bertz CT molecular complexity index is 508. The van der Waals surface area contributed by atoms with E-state index >= 15 is 0 Å². The maximum absolute atomic E-state index is 8.69. The number of hydrogen-bond acceptors (Lipinski definition) is 4. The molecule has 0 bridgehead atoms. The van der Waals surface area contributed by atoms with Crippen LogP contribution in [0.25, 0.3) is 0 Å². The molecule has 1 aromatic rings. The van der Waals surface area contributed by atoms with Gasteiger partial charge in [0.1, 0.15) is 18.2 Å². The third kappa shape index (κ3) is 1.37. The fourth-order valence-corrected chi connectivity index (χ4v) is 1.00. The lowest BCUT2D eigenvalue weighted by Gasteiger charge is -1.97. The molecule has 0 aromatic heterocycles. The van der Waals surface area contributed by atoms with Crippen LogP contribution in [0.5, 0.6) is 0 Å². The molecular formula is C10H2N4. The van der Waals surface area contributed by atoms with E-state index in [2.05, 4.69) is 0 Å². The highest BCUT2D eigenvalue weighted by Crippen LogP contribution is 2.15. The van der Waals surface area contributed by atoms with Crippen molar-refractivity contribution in [3.63, 3.8) is 0 Å². The highest BCUT2D eigenvalue weighted by atomic mass is 14.3. The van der Waals surface area contributed by atoms with Crippen LogP contribution in [0.15, 0.2) is 12.1 Å². The van der Waals surface area contributed by atoms with Crippen molar-refractivity contribution in [2.75, 3.05) is 0 Å². The van der Waals surface area contributed by atoms with Crippen molar-refractivity contribution < 1.29 is 0 Å². The third-order valence-corrected chi connectivity index (χ3v) is 1.62. The molecule has 4 nitrogen and oxygen atoms in total. The fourth-order valence-electron chi connectivity index (χ4n) is 1.00. The molecule has 0 radical (unpaired) electrons. The van der Waals surface area contributed by atoms with Gasteiger partial charge in [-0.1, -0.05) is 0 Å². The second-order valence-electron chi connectivity index (χ2n) is 2.39. The summed E-state index contributed by atoms with van der Waals surface area (Å²) in [6.07, 6.45) is 0. The van der Waals surface area contributed by atoms with Crippen LogP contribution in [-0.2, 0) is 0 Å². The summed E-state index contributed by atoms with van der Waals surface area (Å²) in [5.41, 5.74) is 0.345. The summed E-state index contributed by atoms with van der Waals surface area (Å²) >= 11 is 0. The van der Waals surface area contributed by atoms with Gasteiger partial charge in [-0.2, -0.15) is 21.0 Å². The Balaban J connectivity index is 3.65. The molecule has 0 saturated carbocycles. The first-order valence-electron chi connectivity index (χ1n) is 3.55. The van der Waals surface area contributed by atoms with Crippen LogP contribution in [0.4, 0.5) is 0 Å². The zero-order valence-corrected chi connectivity index (χ0v) is 6.94. The lowest BCUT2D eigenvalue weighted by atomic mass is 10.0. The second kappa shape index (κ2) is 3.72. The first kappa shape index (κ1) is 9.27. The molecule has 0 unspecified atom stereocenters. The van der Waals surface area contributed by atoms with E-state index in [9.17, 15) is 0 Å². The predicted octanol–water partition coefficient (Wildman–Crippen LogP) is 1.17. The van der Waals surface area contributed by atoms with Gasteiger partial charge in [0.05, 0.1) is 28.3 Å². The van der Waals surface area contributed by atoms with E-state index in [0.717, 1.165) is 0 Å². The van der Waals surface area contributed by atoms with Gasteiger partial charge in [0.15, 0.2) is 0 Å². The Labute approximate surface area is 80.5 Å². The molecule has 1 aromatic carbocycles. The molecular weight excluding hydrogens is 176 g/mol. The highest BCUT2D eigenvalue weighted by molar-refractivity contribution is 5.58. The van der Waals surface area contributed by atoms with Crippen LogP contribution in [0.2, 0.25) is 0 Å². The van der Waals surface area contributed by atoms with Gasteiger partial charge in [-0.25, -0.2) is 0 Å². The minimum Gasteiger partial charge on any atom is -0.192 e. The summed E-state index contributed by atoms with van der Waals surface area (Å²) in [5, 5.41) is 34.6. The molecule has 0 aliphatic heterocycles. The van der Waals surface area contributed by atoms with E-state index in [-0.39, 0.29) is 22.3 Å². The van der Waals surface area contributed by atoms with Crippen LogP contribution in [0.3, 0.4) is 0 Å².